The van der Waals surface area contributed by atoms with Gasteiger partial charge in [-0.15, -0.1) is 0 Å². The van der Waals surface area contributed by atoms with Gasteiger partial charge in [-0.25, -0.2) is 0 Å². The molecule has 5 heteroatoms. The average Bonchev–Trinajstić information content (AvgIpc) is 2.58. The highest BCUT2D eigenvalue weighted by molar-refractivity contribution is 9.10. The van der Waals surface area contributed by atoms with Gasteiger partial charge in [0, 0.05) is 23.6 Å². The highest BCUT2D eigenvalue weighted by atomic mass is 79.9. The van der Waals surface area contributed by atoms with E-state index in [1.165, 1.54) is 6.42 Å². The predicted molar refractivity (Wildman–Crippen MR) is 92.7 cm³/mol. The van der Waals surface area contributed by atoms with E-state index in [1.54, 1.807) is 0 Å². The molecule has 0 aromatic heterocycles. The summed E-state index contributed by atoms with van der Waals surface area (Å²) in [7, 11) is 0. The minimum Gasteiger partial charge on any atom is -0.481 e. The van der Waals surface area contributed by atoms with E-state index in [2.05, 4.69) is 20.8 Å². The molecule has 1 aromatic rings. The Morgan fingerprint density at radius 1 is 1.17 bits per heavy atom. The van der Waals surface area contributed by atoms with Crippen LogP contribution >= 0.6 is 15.9 Å². The van der Waals surface area contributed by atoms with Crippen molar-refractivity contribution in [2.75, 3.05) is 26.3 Å². The van der Waals surface area contributed by atoms with Crippen molar-refractivity contribution in [2.24, 2.45) is 5.92 Å². The Kier molecular flexibility index (Phi) is 5.72. The number of rotatable bonds is 4. The van der Waals surface area contributed by atoms with E-state index in [1.807, 2.05) is 24.3 Å². The van der Waals surface area contributed by atoms with Crippen LogP contribution in [0, 0.1) is 5.92 Å². The van der Waals surface area contributed by atoms with Crippen LogP contribution < -0.4 is 0 Å². The second-order valence-electron chi connectivity index (χ2n) is 6.53. The number of nitrogens with zero attached hydrogens (tertiary/aromatic N) is 1. The Balaban J connectivity index is 1.86. The summed E-state index contributed by atoms with van der Waals surface area (Å²) in [5, 5.41) is 9.91. The molecule has 2 aliphatic rings. The number of hydrogen-bond acceptors (Lipinski definition) is 3. The van der Waals surface area contributed by atoms with Crippen LogP contribution in [0.1, 0.15) is 37.2 Å². The van der Waals surface area contributed by atoms with Crippen LogP contribution in [0.3, 0.4) is 0 Å². The van der Waals surface area contributed by atoms with E-state index in [0.29, 0.717) is 6.04 Å². The fourth-order valence-corrected chi connectivity index (χ4v) is 4.40. The first-order chi connectivity index (χ1) is 11.2. The fourth-order valence-electron chi connectivity index (χ4n) is 4.13. The monoisotopic (exact) mass is 381 g/mol. The molecule has 1 heterocycles. The molecule has 3 rings (SSSR count). The standard InChI is InChI=1S/C18H24BrNO3/c19-14-7-5-13(6-8-14)17(18(21)22)15-3-1-2-4-16(15)20-9-11-23-12-10-20/h5-8,15-17H,1-4,9-12H2,(H,21,22)/t15-,16-,17?/m1/s1. The van der Waals surface area contributed by atoms with Crippen molar-refractivity contribution in [1.82, 2.24) is 4.90 Å². The van der Waals surface area contributed by atoms with E-state index < -0.39 is 11.9 Å². The lowest BCUT2D eigenvalue weighted by atomic mass is 9.73. The lowest BCUT2D eigenvalue weighted by molar-refractivity contribution is -0.141. The summed E-state index contributed by atoms with van der Waals surface area (Å²) >= 11 is 3.43. The highest BCUT2D eigenvalue weighted by Crippen LogP contribution is 2.39. The first-order valence-electron chi connectivity index (χ1n) is 8.47. The van der Waals surface area contributed by atoms with Crippen LogP contribution in [0.4, 0.5) is 0 Å². The van der Waals surface area contributed by atoms with Crippen LogP contribution in [0.15, 0.2) is 28.7 Å². The van der Waals surface area contributed by atoms with Gasteiger partial charge in [-0.05, 0) is 36.5 Å². The zero-order valence-electron chi connectivity index (χ0n) is 13.3. The normalized spacial score (nSPS) is 27.5. The molecule has 0 amide bonds. The van der Waals surface area contributed by atoms with Crippen LogP contribution in [0.2, 0.25) is 0 Å². The molecule has 0 radical (unpaired) electrons. The molecule has 0 bridgehead atoms. The van der Waals surface area contributed by atoms with Crippen LogP contribution in [0.5, 0.6) is 0 Å². The van der Waals surface area contributed by atoms with E-state index in [4.69, 9.17) is 4.74 Å². The Hall–Kier alpha value is -0.910. The van der Waals surface area contributed by atoms with Crippen LogP contribution in [-0.2, 0) is 9.53 Å². The van der Waals surface area contributed by atoms with Crippen molar-refractivity contribution in [2.45, 2.75) is 37.6 Å². The summed E-state index contributed by atoms with van der Waals surface area (Å²) in [6.07, 6.45) is 4.43. The maximum Gasteiger partial charge on any atom is 0.311 e. The van der Waals surface area contributed by atoms with Gasteiger partial charge >= 0.3 is 5.97 Å². The highest BCUT2D eigenvalue weighted by Gasteiger charge is 2.39. The molecule has 1 aliphatic heterocycles. The Labute approximate surface area is 145 Å². The quantitative estimate of drug-likeness (QED) is 0.866. The third-order valence-electron chi connectivity index (χ3n) is 5.22. The summed E-state index contributed by atoms with van der Waals surface area (Å²) < 4.78 is 6.45. The molecule has 4 nitrogen and oxygen atoms in total. The van der Waals surface area contributed by atoms with Gasteiger partial charge in [-0.3, -0.25) is 9.69 Å². The minimum absolute atomic E-state index is 0.181. The van der Waals surface area contributed by atoms with Crippen LogP contribution in [0.25, 0.3) is 0 Å². The molecule has 1 saturated carbocycles. The van der Waals surface area contributed by atoms with Gasteiger partial charge in [0.25, 0.3) is 0 Å². The molecule has 1 unspecified atom stereocenters. The Bertz CT molecular complexity index is 528. The molecule has 2 fully saturated rings. The average molecular weight is 382 g/mol. The van der Waals surface area contributed by atoms with Gasteiger partial charge in [-0.2, -0.15) is 0 Å². The smallest absolute Gasteiger partial charge is 0.311 e. The zero-order chi connectivity index (χ0) is 16.2. The Morgan fingerprint density at radius 3 is 2.48 bits per heavy atom. The van der Waals surface area contributed by atoms with Gasteiger partial charge in [0.15, 0.2) is 0 Å². The molecule has 1 aromatic carbocycles. The van der Waals surface area contributed by atoms with Crippen molar-refractivity contribution in [1.29, 1.82) is 0 Å². The maximum absolute atomic E-state index is 12.1. The Morgan fingerprint density at radius 2 is 1.83 bits per heavy atom. The third kappa shape index (κ3) is 3.95. The number of carboxylic acids is 1. The molecule has 0 spiro atoms. The second-order valence-corrected chi connectivity index (χ2v) is 7.45. The van der Waals surface area contributed by atoms with Gasteiger partial charge in [-0.1, -0.05) is 40.9 Å². The van der Waals surface area contributed by atoms with E-state index in [9.17, 15) is 9.90 Å². The predicted octanol–water partition coefficient (Wildman–Crippen LogP) is 3.51. The molecule has 126 valence electrons. The number of carboxylic acid groups (broad SMARTS) is 1. The summed E-state index contributed by atoms with van der Waals surface area (Å²) in [5.74, 6) is -0.936. The SMILES string of the molecule is O=C(O)C(c1ccc(Br)cc1)[C@@H]1CCCC[C@H]1N1CCOCC1. The van der Waals surface area contributed by atoms with E-state index in [0.717, 1.165) is 55.6 Å². The molecule has 3 atom stereocenters. The zero-order valence-corrected chi connectivity index (χ0v) is 14.9. The summed E-state index contributed by atoms with van der Waals surface area (Å²) in [6, 6.07) is 8.15. The first kappa shape index (κ1) is 16.9. The lowest BCUT2D eigenvalue weighted by Gasteiger charge is -2.43. The van der Waals surface area contributed by atoms with E-state index >= 15 is 0 Å². The molecule has 23 heavy (non-hydrogen) atoms. The van der Waals surface area contributed by atoms with Crippen molar-refractivity contribution in [3.8, 4) is 0 Å². The minimum atomic E-state index is -0.697. The van der Waals surface area contributed by atoms with E-state index in [-0.39, 0.29) is 5.92 Å². The molecule has 1 N–H and O–H groups in total. The van der Waals surface area contributed by atoms with Crippen LogP contribution in [-0.4, -0.2) is 48.3 Å². The molecule has 1 saturated heterocycles. The number of ether oxygens (including phenoxy) is 1. The number of benzene rings is 1. The van der Waals surface area contributed by atoms with Crippen molar-refractivity contribution in [3.63, 3.8) is 0 Å². The van der Waals surface area contributed by atoms with Gasteiger partial charge in [0.2, 0.25) is 0 Å². The fraction of sp³-hybridized carbons (Fsp3) is 0.611. The largest absolute Gasteiger partial charge is 0.481 e. The lowest BCUT2D eigenvalue weighted by Crippen LogP contribution is -2.50. The van der Waals surface area contributed by atoms with Gasteiger partial charge < -0.3 is 9.84 Å². The topological polar surface area (TPSA) is 49.8 Å². The number of halogens is 1. The maximum atomic E-state index is 12.1. The molecular formula is C18H24BrNO3. The number of carbonyl (C=O) groups is 1. The number of hydrogen-bond donors (Lipinski definition) is 1. The molecule has 1 aliphatic carbocycles. The molecular weight excluding hydrogens is 358 g/mol. The summed E-state index contributed by atoms with van der Waals surface area (Å²) in [5.41, 5.74) is 0.922. The number of aliphatic carboxylic acids is 1. The van der Waals surface area contributed by atoms with Crippen molar-refractivity contribution in [3.05, 3.63) is 34.3 Å². The number of morpholine rings is 1. The summed E-state index contributed by atoms with van der Waals surface area (Å²) in [6.45, 7) is 3.38. The van der Waals surface area contributed by atoms with Crippen molar-refractivity contribution >= 4 is 21.9 Å². The summed E-state index contributed by atoms with van der Waals surface area (Å²) in [4.78, 5) is 14.5. The second kappa shape index (κ2) is 7.77. The third-order valence-corrected chi connectivity index (χ3v) is 5.75. The van der Waals surface area contributed by atoms with Crippen molar-refractivity contribution < 1.29 is 14.6 Å². The van der Waals surface area contributed by atoms with Gasteiger partial charge in [0.05, 0.1) is 19.1 Å². The van der Waals surface area contributed by atoms with Gasteiger partial charge in [0.1, 0.15) is 0 Å². The first-order valence-corrected chi connectivity index (χ1v) is 9.26.